The molecule has 3 atom stereocenters. The van der Waals surface area contributed by atoms with Crippen molar-refractivity contribution in [2.45, 2.75) is 38.1 Å². The largest absolute Gasteiger partial charge is 0.378 e. The van der Waals surface area contributed by atoms with Crippen molar-refractivity contribution in [2.75, 3.05) is 26.3 Å². The lowest BCUT2D eigenvalue weighted by Gasteiger charge is -2.45. The van der Waals surface area contributed by atoms with Crippen LogP contribution in [0.25, 0.3) is 0 Å². The Labute approximate surface area is 199 Å². The monoisotopic (exact) mass is 458 g/mol. The van der Waals surface area contributed by atoms with Gasteiger partial charge in [-0.25, -0.2) is 0 Å². The summed E-state index contributed by atoms with van der Waals surface area (Å²) in [4.78, 5) is 44.9. The molecule has 6 heteroatoms. The normalized spacial score (nSPS) is 28.1. The first kappa shape index (κ1) is 21.5. The highest BCUT2D eigenvalue weighted by Gasteiger charge is 2.63. The van der Waals surface area contributed by atoms with Crippen molar-refractivity contribution >= 4 is 17.7 Å². The number of amides is 3. The smallest absolute Gasteiger partial charge is 0.246 e. The molecule has 5 aliphatic rings. The van der Waals surface area contributed by atoms with E-state index in [2.05, 4.69) is 24.3 Å². The van der Waals surface area contributed by atoms with Crippen LogP contribution in [-0.4, -0.2) is 59.9 Å². The summed E-state index contributed by atoms with van der Waals surface area (Å²) in [6, 6.07) is 15.7. The summed E-state index contributed by atoms with van der Waals surface area (Å²) in [7, 11) is 0. The third-order valence-corrected chi connectivity index (χ3v) is 8.10. The molecule has 0 aromatic heterocycles. The number of morpholine rings is 1. The first-order chi connectivity index (χ1) is 16.5. The average molecular weight is 459 g/mol. The molecule has 34 heavy (non-hydrogen) atoms. The van der Waals surface area contributed by atoms with Crippen LogP contribution in [0.15, 0.2) is 48.5 Å². The quantitative estimate of drug-likeness (QED) is 0.661. The van der Waals surface area contributed by atoms with Crippen molar-refractivity contribution < 1.29 is 19.1 Å². The van der Waals surface area contributed by atoms with E-state index in [1.165, 1.54) is 4.90 Å². The summed E-state index contributed by atoms with van der Waals surface area (Å²) in [5.74, 6) is -1.51. The van der Waals surface area contributed by atoms with Crippen LogP contribution in [0.4, 0.5) is 0 Å². The van der Waals surface area contributed by atoms with Gasteiger partial charge in [0.2, 0.25) is 17.7 Å². The number of rotatable bonds is 4. The van der Waals surface area contributed by atoms with Crippen molar-refractivity contribution in [3.63, 3.8) is 0 Å². The Morgan fingerprint density at radius 1 is 0.853 bits per heavy atom. The minimum atomic E-state index is -0.755. The first-order valence-corrected chi connectivity index (χ1v) is 12.4. The van der Waals surface area contributed by atoms with Gasteiger partial charge in [0.15, 0.2) is 0 Å². The molecular weight excluding hydrogens is 428 g/mol. The molecule has 3 aliphatic carbocycles. The Morgan fingerprint density at radius 2 is 1.29 bits per heavy atom. The molecule has 0 radical (unpaired) electrons. The molecule has 3 amide bonds. The van der Waals surface area contributed by atoms with Crippen LogP contribution in [0, 0.1) is 17.8 Å². The standard InChI is InChI=1S/C28H30N2O4/c1-16(2)15-21(26(31)29-11-13-34-14-12-29)30-27(32)24-22-17-7-3-4-8-18(17)23(25(24)28(30)33)20-10-6-5-9-19(20)22/h3-10,16,21-25H,11-15H2,1-2H3. The molecule has 2 fully saturated rings. The van der Waals surface area contributed by atoms with E-state index in [0.717, 1.165) is 22.3 Å². The predicted octanol–water partition coefficient (Wildman–Crippen LogP) is 3.15. The minimum absolute atomic E-state index is 0.125. The summed E-state index contributed by atoms with van der Waals surface area (Å²) >= 11 is 0. The van der Waals surface area contributed by atoms with Gasteiger partial charge < -0.3 is 9.64 Å². The van der Waals surface area contributed by atoms with Gasteiger partial charge in [0.05, 0.1) is 25.0 Å². The van der Waals surface area contributed by atoms with Crippen molar-refractivity contribution in [1.29, 1.82) is 0 Å². The van der Waals surface area contributed by atoms with Crippen molar-refractivity contribution in [2.24, 2.45) is 17.8 Å². The molecule has 2 aliphatic heterocycles. The zero-order valence-corrected chi connectivity index (χ0v) is 19.6. The van der Waals surface area contributed by atoms with Gasteiger partial charge in [-0.2, -0.15) is 0 Å². The van der Waals surface area contributed by atoms with E-state index in [9.17, 15) is 14.4 Å². The number of nitrogens with zero attached hydrogens (tertiary/aromatic N) is 2. The third-order valence-electron chi connectivity index (χ3n) is 8.10. The van der Waals surface area contributed by atoms with Crippen molar-refractivity contribution in [3.05, 3.63) is 70.8 Å². The van der Waals surface area contributed by atoms with Gasteiger partial charge in [-0.1, -0.05) is 62.4 Å². The van der Waals surface area contributed by atoms with Gasteiger partial charge >= 0.3 is 0 Å². The van der Waals surface area contributed by atoms with Gasteiger partial charge in [-0.15, -0.1) is 0 Å². The molecule has 0 N–H and O–H groups in total. The van der Waals surface area contributed by atoms with Crippen LogP contribution in [0.3, 0.4) is 0 Å². The number of carbonyl (C=O) groups is 3. The Balaban J connectivity index is 1.44. The summed E-state index contributed by atoms with van der Waals surface area (Å²) < 4.78 is 5.42. The summed E-state index contributed by atoms with van der Waals surface area (Å²) in [5.41, 5.74) is 4.59. The molecule has 2 heterocycles. The van der Waals surface area contributed by atoms with E-state index in [1.54, 1.807) is 4.90 Å². The van der Waals surface area contributed by atoms with Crippen LogP contribution in [0.5, 0.6) is 0 Å². The number of hydrogen-bond acceptors (Lipinski definition) is 4. The summed E-state index contributed by atoms with van der Waals surface area (Å²) in [6.07, 6.45) is 0.475. The molecule has 2 bridgehead atoms. The SMILES string of the molecule is CC(C)CC(C(=O)N1CCOCC1)N1C(=O)C2C3c4ccccc4C(c4ccccc43)C2C1=O. The Hall–Kier alpha value is -2.99. The van der Waals surface area contributed by atoms with E-state index >= 15 is 0 Å². The van der Waals surface area contributed by atoms with E-state index in [4.69, 9.17) is 4.74 Å². The molecule has 176 valence electrons. The number of carbonyl (C=O) groups excluding carboxylic acids is 3. The van der Waals surface area contributed by atoms with Crippen molar-refractivity contribution in [3.8, 4) is 0 Å². The second kappa shape index (κ2) is 8.05. The van der Waals surface area contributed by atoms with E-state index in [-0.39, 0.29) is 35.5 Å². The molecule has 3 unspecified atom stereocenters. The van der Waals surface area contributed by atoms with E-state index in [0.29, 0.717) is 32.7 Å². The molecular formula is C28H30N2O4. The molecule has 2 aromatic rings. The third kappa shape index (κ3) is 3.01. The highest BCUT2D eigenvalue weighted by atomic mass is 16.5. The Bertz CT molecular complexity index is 1050. The van der Waals surface area contributed by atoms with Gasteiger partial charge in [-0.05, 0) is 34.6 Å². The summed E-state index contributed by atoms with van der Waals surface area (Å²) in [5, 5.41) is 0. The first-order valence-electron chi connectivity index (χ1n) is 12.4. The number of hydrogen-bond donors (Lipinski definition) is 0. The second-order valence-corrected chi connectivity index (χ2v) is 10.4. The zero-order chi connectivity index (χ0) is 23.6. The Kier molecular flexibility index (Phi) is 5.10. The average Bonchev–Trinajstić information content (AvgIpc) is 3.13. The number of likely N-dealkylation sites (tertiary alicyclic amines) is 1. The van der Waals surface area contributed by atoms with Gasteiger partial charge in [0.25, 0.3) is 0 Å². The predicted molar refractivity (Wildman–Crippen MR) is 126 cm³/mol. The fourth-order valence-electron chi connectivity index (χ4n) is 6.77. The molecule has 0 saturated carbocycles. The maximum Gasteiger partial charge on any atom is 0.246 e. The molecule has 6 nitrogen and oxygen atoms in total. The van der Waals surface area contributed by atoms with Gasteiger partial charge in [0, 0.05) is 24.9 Å². The highest BCUT2D eigenvalue weighted by Crippen LogP contribution is 2.61. The maximum absolute atomic E-state index is 14.1. The van der Waals surface area contributed by atoms with Crippen LogP contribution < -0.4 is 0 Å². The van der Waals surface area contributed by atoms with E-state index < -0.39 is 17.9 Å². The van der Waals surface area contributed by atoms with Crippen LogP contribution in [0.2, 0.25) is 0 Å². The van der Waals surface area contributed by atoms with E-state index in [1.807, 2.05) is 38.1 Å². The zero-order valence-electron chi connectivity index (χ0n) is 19.6. The fourth-order valence-corrected chi connectivity index (χ4v) is 6.77. The van der Waals surface area contributed by atoms with Crippen LogP contribution >= 0.6 is 0 Å². The van der Waals surface area contributed by atoms with Crippen LogP contribution in [0.1, 0.15) is 54.4 Å². The van der Waals surface area contributed by atoms with Gasteiger partial charge in [0.1, 0.15) is 6.04 Å². The fraction of sp³-hybridized carbons (Fsp3) is 0.464. The molecule has 2 saturated heterocycles. The number of imide groups is 1. The lowest BCUT2D eigenvalue weighted by molar-refractivity contribution is -0.154. The Morgan fingerprint density at radius 3 is 1.71 bits per heavy atom. The lowest BCUT2D eigenvalue weighted by Crippen LogP contribution is -2.54. The molecule has 7 rings (SSSR count). The topological polar surface area (TPSA) is 66.9 Å². The number of ether oxygens (including phenoxy) is 1. The lowest BCUT2D eigenvalue weighted by atomic mass is 9.55. The molecule has 0 spiro atoms. The highest BCUT2D eigenvalue weighted by molar-refractivity contribution is 6.10. The van der Waals surface area contributed by atoms with Crippen LogP contribution in [-0.2, 0) is 19.1 Å². The van der Waals surface area contributed by atoms with Gasteiger partial charge in [-0.3, -0.25) is 19.3 Å². The second-order valence-electron chi connectivity index (χ2n) is 10.4. The summed E-state index contributed by atoms with van der Waals surface area (Å²) in [6.45, 7) is 6.04. The maximum atomic E-state index is 14.1. The minimum Gasteiger partial charge on any atom is -0.378 e. The molecule has 2 aromatic carbocycles. The van der Waals surface area contributed by atoms with Crippen molar-refractivity contribution in [1.82, 2.24) is 9.80 Å². The number of benzene rings is 2.